The van der Waals surface area contributed by atoms with Gasteiger partial charge in [-0.3, -0.25) is 0 Å². The molecule has 1 aromatic rings. The molecule has 0 spiro atoms. The van der Waals surface area contributed by atoms with Crippen LogP contribution in [-0.2, 0) is 11.8 Å². The van der Waals surface area contributed by atoms with Crippen molar-refractivity contribution >= 4 is 0 Å². The van der Waals surface area contributed by atoms with E-state index in [0.29, 0.717) is 0 Å². The van der Waals surface area contributed by atoms with Crippen LogP contribution in [0.1, 0.15) is 64.7 Å². The van der Waals surface area contributed by atoms with Gasteiger partial charge in [-0.15, -0.1) is 0 Å². The molecule has 1 saturated carbocycles. The van der Waals surface area contributed by atoms with Crippen LogP contribution < -0.4 is 5.32 Å². The molecule has 1 heterocycles. The first-order chi connectivity index (χ1) is 10.1. The lowest BCUT2D eigenvalue weighted by Crippen LogP contribution is -2.50. The Balaban J connectivity index is 2.32. The van der Waals surface area contributed by atoms with Gasteiger partial charge in [0, 0.05) is 26.0 Å². The van der Waals surface area contributed by atoms with Crippen LogP contribution in [0, 0.1) is 5.92 Å². The Labute approximate surface area is 129 Å². The average molecular weight is 293 g/mol. The van der Waals surface area contributed by atoms with Gasteiger partial charge < -0.3 is 14.6 Å². The van der Waals surface area contributed by atoms with E-state index in [0.717, 1.165) is 44.2 Å². The van der Waals surface area contributed by atoms with Gasteiger partial charge in [0.15, 0.2) is 0 Å². The summed E-state index contributed by atoms with van der Waals surface area (Å²) in [5.74, 6) is 1.82. The summed E-state index contributed by atoms with van der Waals surface area (Å²) in [7, 11) is 2.08. The zero-order valence-corrected chi connectivity index (χ0v) is 14.1. The SMILES string of the molecule is CCCNC(c1nccn1C)C1(OCC)CCCC(C)C1. The number of aromatic nitrogens is 2. The van der Waals surface area contributed by atoms with Crippen LogP contribution in [0.15, 0.2) is 12.4 Å². The second-order valence-electron chi connectivity index (χ2n) is 6.48. The van der Waals surface area contributed by atoms with Gasteiger partial charge in [0.1, 0.15) is 5.82 Å². The molecule has 120 valence electrons. The van der Waals surface area contributed by atoms with E-state index in [4.69, 9.17) is 4.74 Å². The fraction of sp³-hybridized carbons (Fsp3) is 0.824. The predicted octanol–water partition coefficient (Wildman–Crippen LogP) is 3.45. The topological polar surface area (TPSA) is 39.1 Å². The molecule has 2 rings (SSSR count). The number of imidazole rings is 1. The summed E-state index contributed by atoms with van der Waals surface area (Å²) in [6, 6.07) is 0.181. The molecule has 3 unspecified atom stereocenters. The Morgan fingerprint density at radius 1 is 1.52 bits per heavy atom. The highest BCUT2D eigenvalue weighted by molar-refractivity contribution is 5.09. The highest BCUT2D eigenvalue weighted by atomic mass is 16.5. The summed E-state index contributed by atoms with van der Waals surface area (Å²) < 4.78 is 8.50. The minimum absolute atomic E-state index is 0.110. The average Bonchev–Trinajstić information content (AvgIpc) is 2.86. The number of aryl methyl sites for hydroxylation is 1. The highest BCUT2D eigenvalue weighted by Gasteiger charge is 2.44. The lowest BCUT2D eigenvalue weighted by molar-refractivity contribution is -0.104. The second kappa shape index (κ2) is 7.41. The molecule has 0 aromatic carbocycles. The van der Waals surface area contributed by atoms with Gasteiger partial charge in [-0.25, -0.2) is 4.98 Å². The summed E-state index contributed by atoms with van der Waals surface area (Å²) in [4.78, 5) is 4.62. The molecule has 4 nitrogen and oxygen atoms in total. The van der Waals surface area contributed by atoms with Crippen molar-refractivity contribution in [3.05, 3.63) is 18.2 Å². The smallest absolute Gasteiger partial charge is 0.128 e. The van der Waals surface area contributed by atoms with Crippen molar-refractivity contribution in [3.63, 3.8) is 0 Å². The molecular weight excluding hydrogens is 262 g/mol. The third-order valence-electron chi connectivity index (χ3n) is 4.66. The minimum atomic E-state index is -0.110. The molecule has 0 saturated heterocycles. The largest absolute Gasteiger partial charge is 0.373 e. The van der Waals surface area contributed by atoms with Crippen LogP contribution in [0.2, 0.25) is 0 Å². The first-order valence-electron chi connectivity index (χ1n) is 8.47. The fourth-order valence-electron chi connectivity index (χ4n) is 3.76. The molecule has 0 amide bonds. The zero-order chi connectivity index (χ0) is 15.3. The van der Waals surface area contributed by atoms with Gasteiger partial charge >= 0.3 is 0 Å². The summed E-state index contributed by atoms with van der Waals surface area (Å²) in [5, 5.41) is 3.72. The molecule has 1 fully saturated rings. The van der Waals surface area contributed by atoms with Crippen molar-refractivity contribution in [2.75, 3.05) is 13.2 Å². The van der Waals surface area contributed by atoms with Crippen LogP contribution in [0.3, 0.4) is 0 Å². The van der Waals surface area contributed by atoms with Gasteiger partial charge in [-0.05, 0) is 38.6 Å². The van der Waals surface area contributed by atoms with Crippen LogP contribution in [0.25, 0.3) is 0 Å². The van der Waals surface area contributed by atoms with Gasteiger partial charge in [0.2, 0.25) is 0 Å². The first kappa shape index (κ1) is 16.5. The summed E-state index contributed by atoms with van der Waals surface area (Å²) in [5.41, 5.74) is -0.110. The second-order valence-corrected chi connectivity index (χ2v) is 6.48. The molecule has 21 heavy (non-hydrogen) atoms. The Kier molecular flexibility index (Phi) is 5.82. The van der Waals surface area contributed by atoms with Gasteiger partial charge in [-0.1, -0.05) is 26.7 Å². The third kappa shape index (κ3) is 3.67. The molecule has 4 heteroatoms. The standard InChI is InChI=1S/C17H31N3O/c1-5-10-18-15(16-19-11-12-20(16)4)17(21-6-2)9-7-8-14(3)13-17/h11-12,14-15,18H,5-10,13H2,1-4H3. The van der Waals surface area contributed by atoms with Crippen LogP contribution >= 0.6 is 0 Å². The van der Waals surface area contributed by atoms with Gasteiger partial charge in [0.25, 0.3) is 0 Å². The molecule has 0 radical (unpaired) electrons. The van der Waals surface area contributed by atoms with Crippen molar-refractivity contribution in [3.8, 4) is 0 Å². The van der Waals surface area contributed by atoms with Crippen molar-refractivity contribution < 1.29 is 4.74 Å². The number of nitrogens with zero attached hydrogens (tertiary/aromatic N) is 2. The Hall–Kier alpha value is -0.870. The van der Waals surface area contributed by atoms with Crippen molar-refractivity contribution in [2.24, 2.45) is 13.0 Å². The van der Waals surface area contributed by atoms with E-state index in [1.807, 2.05) is 12.4 Å². The normalized spacial score (nSPS) is 27.7. The van der Waals surface area contributed by atoms with E-state index >= 15 is 0 Å². The highest BCUT2D eigenvalue weighted by Crippen LogP contribution is 2.43. The number of nitrogens with one attached hydrogen (secondary N) is 1. The lowest BCUT2D eigenvalue weighted by atomic mass is 9.74. The maximum Gasteiger partial charge on any atom is 0.128 e. The number of rotatable bonds is 7. The Morgan fingerprint density at radius 3 is 2.90 bits per heavy atom. The van der Waals surface area contributed by atoms with E-state index < -0.39 is 0 Å². The molecule has 0 aliphatic heterocycles. The quantitative estimate of drug-likeness (QED) is 0.837. The maximum atomic E-state index is 6.36. The Morgan fingerprint density at radius 2 is 2.33 bits per heavy atom. The van der Waals surface area contributed by atoms with E-state index in [1.54, 1.807) is 0 Å². The monoisotopic (exact) mass is 293 g/mol. The van der Waals surface area contributed by atoms with Crippen molar-refractivity contribution in [2.45, 2.75) is 64.5 Å². The van der Waals surface area contributed by atoms with E-state index in [-0.39, 0.29) is 11.6 Å². The number of hydrogen-bond acceptors (Lipinski definition) is 3. The Bertz CT molecular complexity index is 427. The van der Waals surface area contributed by atoms with Crippen LogP contribution in [0.4, 0.5) is 0 Å². The van der Waals surface area contributed by atoms with Crippen molar-refractivity contribution in [1.82, 2.24) is 14.9 Å². The molecule has 0 bridgehead atoms. The predicted molar refractivity (Wildman–Crippen MR) is 86.2 cm³/mol. The van der Waals surface area contributed by atoms with Gasteiger partial charge in [0.05, 0.1) is 11.6 Å². The molecular formula is C17H31N3O. The fourth-order valence-corrected chi connectivity index (χ4v) is 3.76. The zero-order valence-electron chi connectivity index (χ0n) is 14.1. The molecule has 1 aliphatic rings. The molecule has 1 aliphatic carbocycles. The third-order valence-corrected chi connectivity index (χ3v) is 4.66. The minimum Gasteiger partial charge on any atom is -0.373 e. The van der Waals surface area contributed by atoms with E-state index in [1.165, 1.54) is 12.8 Å². The summed E-state index contributed by atoms with van der Waals surface area (Å²) in [6.45, 7) is 8.43. The summed E-state index contributed by atoms with van der Waals surface area (Å²) in [6.07, 6.45) is 9.85. The first-order valence-corrected chi connectivity index (χ1v) is 8.47. The lowest BCUT2D eigenvalue weighted by Gasteiger charge is -2.45. The van der Waals surface area contributed by atoms with Crippen LogP contribution in [0.5, 0.6) is 0 Å². The van der Waals surface area contributed by atoms with E-state index in [9.17, 15) is 0 Å². The summed E-state index contributed by atoms with van der Waals surface area (Å²) >= 11 is 0. The van der Waals surface area contributed by atoms with Crippen LogP contribution in [-0.4, -0.2) is 28.3 Å². The molecule has 1 aromatic heterocycles. The van der Waals surface area contributed by atoms with E-state index in [2.05, 4.69) is 42.7 Å². The van der Waals surface area contributed by atoms with Crippen molar-refractivity contribution in [1.29, 1.82) is 0 Å². The molecule has 3 atom stereocenters. The number of ether oxygens (including phenoxy) is 1. The molecule has 1 N–H and O–H groups in total. The maximum absolute atomic E-state index is 6.36. The number of hydrogen-bond donors (Lipinski definition) is 1. The van der Waals surface area contributed by atoms with Gasteiger partial charge in [-0.2, -0.15) is 0 Å².